The normalized spacial score (nSPS) is 10.4. The minimum Gasteiger partial charge on any atom is -0.493 e. The molecule has 0 saturated heterocycles. The van der Waals surface area contributed by atoms with Gasteiger partial charge in [0.05, 0.1) is 25.5 Å². The number of nitrogens with one attached hydrogen (secondary N) is 1. The molecule has 0 radical (unpaired) electrons. The summed E-state index contributed by atoms with van der Waals surface area (Å²) in [5.74, 6) is -0.285. The Bertz CT molecular complexity index is 923. The number of esters is 2. The minimum absolute atomic E-state index is 0.259. The van der Waals surface area contributed by atoms with Crippen molar-refractivity contribution in [3.8, 4) is 17.2 Å². The zero-order chi connectivity index (χ0) is 21.9. The predicted octanol–water partition coefficient (Wildman–Crippen LogP) is 2.33. The second-order valence-electron chi connectivity index (χ2n) is 5.83. The standard InChI is InChI=1S/C21H22N2O7/c1-4-28-21(26)16-6-8-17(9-7-16)29-13-20(25)23-22-12-15-5-10-18(30-14(2)24)19(11-15)27-3/h5-12H,4,13H2,1-3H3,(H,23,25). The number of amides is 1. The van der Waals surface area contributed by atoms with Crippen molar-refractivity contribution in [1.29, 1.82) is 0 Å². The molecule has 1 N–H and O–H groups in total. The Kier molecular flexibility index (Phi) is 8.37. The second kappa shape index (κ2) is 11.2. The smallest absolute Gasteiger partial charge is 0.338 e. The molecule has 0 bridgehead atoms. The van der Waals surface area contributed by atoms with Gasteiger partial charge in [0.2, 0.25) is 0 Å². The number of carbonyl (C=O) groups excluding carboxylic acids is 3. The molecule has 0 aliphatic carbocycles. The van der Waals surface area contributed by atoms with Crippen LogP contribution in [0.15, 0.2) is 47.6 Å². The number of hydrogen-bond acceptors (Lipinski definition) is 8. The van der Waals surface area contributed by atoms with Crippen molar-refractivity contribution in [2.45, 2.75) is 13.8 Å². The van der Waals surface area contributed by atoms with E-state index in [4.69, 9.17) is 18.9 Å². The van der Waals surface area contributed by atoms with Gasteiger partial charge in [0, 0.05) is 6.92 Å². The van der Waals surface area contributed by atoms with Crippen molar-refractivity contribution in [3.63, 3.8) is 0 Å². The maximum atomic E-state index is 11.9. The third kappa shape index (κ3) is 6.93. The highest BCUT2D eigenvalue weighted by molar-refractivity contribution is 5.89. The molecule has 0 unspecified atom stereocenters. The van der Waals surface area contributed by atoms with E-state index in [0.717, 1.165) is 0 Å². The van der Waals surface area contributed by atoms with Gasteiger partial charge in [0.25, 0.3) is 5.91 Å². The maximum Gasteiger partial charge on any atom is 0.338 e. The topological polar surface area (TPSA) is 113 Å². The molecule has 2 aromatic carbocycles. The largest absolute Gasteiger partial charge is 0.493 e. The third-order valence-electron chi connectivity index (χ3n) is 3.58. The number of ether oxygens (including phenoxy) is 4. The van der Waals surface area contributed by atoms with Crippen LogP contribution in [0.2, 0.25) is 0 Å². The number of hydrogen-bond donors (Lipinski definition) is 1. The van der Waals surface area contributed by atoms with E-state index in [1.807, 2.05) is 0 Å². The summed E-state index contributed by atoms with van der Waals surface area (Å²) in [5.41, 5.74) is 3.36. The first-order valence-corrected chi connectivity index (χ1v) is 9.01. The molecule has 2 rings (SSSR count). The van der Waals surface area contributed by atoms with Crippen LogP contribution in [-0.2, 0) is 14.3 Å². The van der Waals surface area contributed by atoms with E-state index in [9.17, 15) is 14.4 Å². The molecular formula is C21H22N2O7. The summed E-state index contributed by atoms with van der Waals surface area (Å²) in [4.78, 5) is 34.5. The van der Waals surface area contributed by atoms with E-state index >= 15 is 0 Å². The van der Waals surface area contributed by atoms with Gasteiger partial charge in [-0.3, -0.25) is 9.59 Å². The Balaban J connectivity index is 1.85. The van der Waals surface area contributed by atoms with E-state index in [1.165, 1.54) is 20.2 Å². The summed E-state index contributed by atoms with van der Waals surface area (Å²) in [6.45, 7) is 3.05. The van der Waals surface area contributed by atoms with Crippen molar-refractivity contribution in [2.75, 3.05) is 20.3 Å². The average Bonchev–Trinajstić information content (AvgIpc) is 2.73. The Morgan fingerprint density at radius 1 is 1.07 bits per heavy atom. The van der Waals surface area contributed by atoms with Crippen molar-refractivity contribution in [3.05, 3.63) is 53.6 Å². The van der Waals surface area contributed by atoms with Crippen LogP contribution >= 0.6 is 0 Å². The Hall–Kier alpha value is -3.88. The molecule has 0 aromatic heterocycles. The van der Waals surface area contributed by atoms with Crippen LogP contribution in [0.3, 0.4) is 0 Å². The molecule has 9 heteroatoms. The van der Waals surface area contributed by atoms with Gasteiger partial charge in [-0.1, -0.05) is 0 Å². The quantitative estimate of drug-likeness (QED) is 0.290. The molecule has 9 nitrogen and oxygen atoms in total. The summed E-state index contributed by atoms with van der Waals surface area (Å²) < 4.78 is 20.4. The molecule has 158 valence electrons. The Morgan fingerprint density at radius 2 is 1.80 bits per heavy atom. The fraction of sp³-hybridized carbons (Fsp3) is 0.238. The fourth-order valence-corrected chi connectivity index (χ4v) is 2.27. The molecule has 0 fully saturated rings. The van der Waals surface area contributed by atoms with Gasteiger partial charge >= 0.3 is 11.9 Å². The molecule has 2 aromatic rings. The second-order valence-corrected chi connectivity index (χ2v) is 5.83. The number of carbonyl (C=O) groups is 3. The van der Waals surface area contributed by atoms with Gasteiger partial charge in [-0.25, -0.2) is 10.2 Å². The van der Waals surface area contributed by atoms with Crippen molar-refractivity contribution >= 4 is 24.1 Å². The van der Waals surface area contributed by atoms with E-state index in [-0.39, 0.29) is 12.4 Å². The van der Waals surface area contributed by atoms with Crippen LogP contribution in [0.25, 0.3) is 0 Å². The summed E-state index contributed by atoms with van der Waals surface area (Å²) in [7, 11) is 1.45. The summed E-state index contributed by atoms with van der Waals surface area (Å²) >= 11 is 0. The van der Waals surface area contributed by atoms with Crippen molar-refractivity contribution in [2.24, 2.45) is 5.10 Å². The Labute approximate surface area is 173 Å². The van der Waals surface area contributed by atoms with E-state index < -0.39 is 17.8 Å². The van der Waals surface area contributed by atoms with Gasteiger partial charge in [-0.05, 0) is 55.0 Å². The molecule has 0 saturated carbocycles. The lowest BCUT2D eigenvalue weighted by Gasteiger charge is -2.08. The highest BCUT2D eigenvalue weighted by Crippen LogP contribution is 2.27. The van der Waals surface area contributed by atoms with Crippen molar-refractivity contribution < 1.29 is 33.3 Å². The third-order valence-corrected chi connectivity index (χ3v) is 3.58. The molecular weight excluding hydrogens is 392 g/mol. The highest BCUT2D eigenvalue weighted by Gasteiger charge is 2.08. The molecule has 30 heavy (non-hydrogen) atoms. The first-order valence-electron chi connectivity index (χ1n) is 9.01. The van der Waals surface area contributed by atoms with Gasteiger partial charge in [0.1, 0.15) is 5.75 Å². The lowest BCUT2D eigenvalue weighted by atomic mass is 10.2. The molecule has 0 heterocycles. The zero-order valence-electron chi connectivity index (χ0n) is 16.8. The number of nitrogens with zero attached hydrogens (tertiary/aromatic N) is 1. The van der Waals surface area contributed by atoms with Crippen LogP contribution < -0.4 is 19.6 Å². The van der Waals surface area contributed by atoms with Crippen LogP contribution in [0, 0.1) is 0 Å². The molecule has 0 atom stereocenters. The van der Waals surface area contributed by atoms with E-state index in [1.54, 1.807) is 49.4 Å². The van der Waals surface area contributed by atoms with Gasteiger partial charge < -0.3 is 18.9 Å². The number of methoxy groups -OCH3 is 1. The van der Waals surface area contributed by atoms with Crippen LogP contribution in [-0.4, -0.2) is 44.4 Å². The van der Waals surface area contributed by atoms with Gasteiger partial charge in [0.15, 0.2) is 18.1 Å². The predicted molar refractivity (Wildman–Crippen MR) is 108 cm³/mol. The van der Waals surface area contributed by atoms with Crippen LogP contribution in [0.1, 0.15) is 29.8 Å². The number of hydrazone groups is 1. The molecule has 0 aliphatic heterocycles. The maximum absolute atomic E-state index is 11.9. The first-order chi connectivity index (χ1) is 14.4. The summed E-state index contributed by atoms with van der Waals surface area (Å²) in [6, 6.07) is 11.1. The highest BCUT2D eigenvalue weighted by atomic mass is 16.6. The lowest BCUT2D eigenvalue weighted by molar-refractivity contribution is -0.132. The molecule has 0 aliphatic rings. The van der Waals surface area contributed by atoms with E-state index in [2.05, 4.69) is 10.5 Å². The summed E-state index contributed by atoms with van der Waals surface area (Å²) in [6.07, 6.45) is 1.41. The van der Waals surface area contributed by atoms with Gasteiger partial charge in [-0.15, -0.1) is 0 Å². The molecule has 1 amide bonds. The van der Waals surface area contributed by atoms with Gasteiger partial charge in [-0.2, -0.15) is 5.10 Å². The number of rotatable bonds is 9. The van der Waals surface area contributed by atoms with Crippen LogP contribution in [0.4, 0.5) is 0 Å². The Morgan fingerprint density at radius 3 is 2.43 bits per heavy atom. The molecule has 0 spiro atoms. The first kappa shape index (κ1) is 22.4. The summed E-state index contributed by atoms with van der Waals surface area (Å²) in [5, 5.41) is 3.85. The zero-order valence-corrected chi connectivity index (χ0v) is 16.8. The monoisotopic (exact) mass is 414 g/mol. The van der Waals surface area contributed by atoms with Crippen molar-refractivity contribution in [1.82, 2.24) is 5.43 Å². The SMILES string of the molecule is CCOC(=O)c1ccc(OCC(=O)NN=Cc2ccc(OC(C)=O)c(OC)c2)cc1. The minimum atomic E-state index is -0.468. The lowest BCUT2D eigenvalue weighted by Crippen LogP contribution is -2.24. The number of benzene rings is 2. The fourth-order valence-electron chi connectivity index (χ4n) is 2.27. The van der Waals surface area contributed by atoms with Crippen LogP contribution in [0.5, 0.6) is 17.2 Å². The average molecular weight is 414 g/mol. The van der Waals surface area contributed by atoms with E-state index in [0.29, 0.717) is 29.2 Å².